The van der Waals surface area contributed by atoms with E-state index in [1.807, 2.05) is 0 Å². The molecule has 0 saturated carbocycles. The van der Waals surface area contributed by atoms with Crippen molar-refractivity contribution < 1.29 is 102 Å². The van der Waals surface area contributed by atoms with Crippen molar-refractivity contribution >= 4 is 5.97 Å². The third-order valence-electron chi connectivity index (χ3n) is 8.40. The summed E-state index contributed by atoms with van der Waals surface area (Å²) in [5.41, 5.74) is -10.4. The van der Waals surface area contributed by atoms with Gasteiger partial charge in [0.15, 0.2) is 0 Å². The molecule has 0 unspecified atom stereocenters. The predicted molar refractivity (Wildman–Crippen MR) is 140 cm³/mol. The molecule has 0 amide bonds. The van der Waals surface area contributed by atoms with E-state index in [0.29, 0.717) is 0 Å². The van der Waals surface area contributed by atoms with Crippen LogP contribution in [0.4, 0.5) is 92.2 Å². The molecule has 0 aromatic heterocycles. The molecule has 0 spiro atoms. The number of carboxylic acids is 1. The van der Waals surface area contributed by atoms with Crippen LogP contribution in [0.1, 0.15) is 109 Å². The lowest BCUT2D eigenvalue weighted by Crippen LogP contribution is -2.38. The Morgan fingerprint density at radius 2 is 0.577 bits per heavy atom. The molecule has 310 valence electrons. The topological polar surface area (TPSA) is 37.3 Å². The van der Waals surface area contributed by atoms with Crippen LogP contribution in [0, 0.1) is 10.8 Å². The standard InChI is InChI=1S/C29H35F21O2/c30-23(31,32)5-3-1-2-4-18(21(6-12-24(33,34)35,7-13-25(36,37)38)8-14-26(39,40)41)19(20(51)52)22(9-15-27(42,43)44,10-16-28(45,46)47)11-17-29(48,49)50/h1-17H2,(H,51,52). The highest BCUT2D eigenvalue weighted by molar-refractivity contribution is 5.89. The summed E-state index contributed by atoms with van der Waals surface area (Å²) in [6, 6.07) is 0. The number of halogens is 21. The number of aliphatic carboxylic acids is 1. The second kappa shape index (κ2) is 18.4. The largest absolute Gasteiger partial charge is 0.478 e. The molecule has 2 nitrogen and oxygen atoms in total. The minimum atomic E-state index is -5.48. The summed E-state index contributed by atoms with van der Waals surface area (Å²) in [4.78, 5) is 12.9. The second-order valence-electron chi connectivity index (χ2n) is 12.6. The molecular weight excluding hydrogens is 779 g/mol. The molecule has 0 aliphatic carbocycles. The first kappa shape index (κ1) is 49.7. The Morgan fingerprint density at radius 3 is 0.808 bits per heavy atom. The number of hydrogen-bond acceptors (Lipinski definition) is 1. The minimum absolute atomic E-state index is 0.759. The van der Waals surface area contributed by atoms with Gasteiger partial charge in [-0.15, -0.1) is 0 Å². The first-order valence-corrected chi connectivity index (χ1v) is 15.3. The highest BCUT2D eigenvalue weighted by atomic mass is 19.4. The van der Waals surface area contributed by atoms with Crippen molar-refractivity contribution in [2.24, 2.45) is 10.8 Å². The SMILES string of the molecule is O=C(O)C(=C(CCCCCC(F)(F)F)C(CCC(F)(F)F)(CCC(F)(F)F)CCC(F)(F)F)C(CCC(F)(F)F)(CCC(F)(F)F)CCC(F)(F)F. The van der Waals surface area contributed by atoms with Crippen LogP contribution < -0.4 is 0 Å². The Morgan fingerprint density at radius 1 is 0.327 bits per heavy atom. The van der Waals surface area contributed by atoms with Crippen molar-refractivity contribution in [3.05, 3.63) is 11.1 Å². The van der Waals surface area contributed by atoms with Crippen LogP contribution in [-0.4, -0.2) is 54.3 Å². The lowest BCUT2D eigenvalue weighted by molar-refractivity contribution is -0.162. The van der Waals surface area contributed by atoms with Crippen LogP contribution in [0.5, 0.6) is 0 Å². The van der Waals surface area contributed by atoms with Crippen LogP contribution in [0.25, 0.3) is 0 Å². The molecule has 0 radical (unpaired) electrons. The van der Waals surface area contributed by atoms with Crippen LogP contribution in [0.15, 0.2) is 11.1 Å². The van der Waals surface area contributed by atoms with Crippen LogP contribution in [0.2, 0.25) is 0 Å². The fraction of sp³-hybridized carbons (Fsp3) is 0.897. The van der Waals surface area contributed by atoms with E-state index in [9.17, 15) is 102 Å². The molecule has 0 aromatic carbocycles. The molecule has 0 aliphatic heterocycles. The van der Waals surface area contributed by atoms with Gasteiger partial charge in [0.1, 0.15) is 0 Å². The van der Waals surface area contributed by atoms with Gasteiger partial charge in [-0.1, -0.05) is 12.0 Å². The number of alkyl halides is 21. The number of rotatable bonds is 20. The first-order valence-electron chi connectivity index (χ1n) is 15.3. The van der Waals surface area contributed by atoms with Gasteiger partial charge in [-0.3, -0.25) is 0 Å². The van der Waals surface area contributed by atoms with Crippen molar-refractivity contribution in [2.75, 3.05) is 0 Å². The maximum absolute atomic E-state index is 13.6. The molecule has 52 heavy (non-hydrogen) atoms. The zero-order valence-corrected chi connectivity index (χ0v) is 26.8. The molecule has 0 fully saturated rings. The monoisotopic (exact) mass is 814 g/mol. The van der Waals surface area contributed by atoms with Crippen molar-refractivity contribution in [1.82, 2.24) is 0 Å². The molecule has 0 aromatic rings. The van der Waals surface area contributed by atoms with E-state index in [-0.39, 0.29) is 0 Å². The van der Waals surface area contributed by atoms with E-state index in [1.54, 1.807) is 0 Å². The predicted octanol–water partition coefficient (Wildman–Crippen LogP) is 13.9. The number of allylic oxidation sites excluding steroid dienone is 1. The first-order chi connectivity index (χ1) is 22.9. The Kier molecular flexibility index (Phi) is 17.6. The van der Waals surface area contributed by atoms with Crippen LogP contribution >= 0.6 is 0 Å². The number of carboxylic acid groups (broad SMARTS) is 1. The summed E-state index contributed by atoms with van der Waals surface area (Å²) in [6.45, 7) is 0. The molecule has 1 N–H and O–H groups in total. The average Bonchev–Trinajstić information content (AvgIpc) is 2.89. The summed E-state index contributed by atoms with van der Waals surface area (Å²) in [6.07, 6.45) is -69.0. The number of unbranched alkanes of at least 4 members (excludes halogenated alkanes) is 2. The van der Waals surface area contributed by atoms with Crippen LogP contribution in [0.3, 0.4) is 0 Å². The van der Waals surface area contributed by atoms with Gasteiger partial charge in [-0.05, 0) is 63.2 Å². The maximum atomic E-state index is 13.6. The van der Waals surface area contributed by atoms with E-state index in [2.05, 4.69) is 0 Å². The number of carbonyl (C=O) groups is 1. The summed E-state index contributed by atoms with van der Waals surface area (Å²) in [5, 5.41) is 10.3. The molecule has 0 aliphatic rings. The Bertz CT molecular complexity index is 1020. The molecule has 0 rings (SSSR count). The van der Waals surface area contributed by atoms with Gasteiger partial charge in [0, 0.05) is 55.9 Å². The molecule has 0 heterocycles. The third kappa shape index (κ3) is 22.1. The average molecular weight is 815 g/mol. The molecule has 23 heteroatoms. The molecule has 0 bridgehead atoms. The van der Waals surface area contributed by atoms with Gasteiger partial charge in [-0.2, -0.15) is 92.2 Å². The lowest BCUT2D eigenvalue weighted by atomic mass is 9.60. The van der Waals surface area contributed by atoms with E-state index in [4.69, 9.17) is 0 Å². The van der Waals surface area contributed by atoms with Gasteiger partial charge in [0.05, 0.1) is 0 Å². The van der Waals surface area contributed by atoms with Gasteiger partial charge in [0.2, 0.25) is 0 Å². The summed E-state index contributed by atoms with van der Waals surface area (Å²) in [7, 11) is 0. The van der Waals surface area contributed by atoms with Crippen molar-refractivity contribution in [3.63, 3.8) is 0 Å². The van der Waals surface area contributed by atoms with Crippen molar-refractivity contribution in [3.8, 4) is 0 Å². The Balaban J connectivity index is 8.49. The van der Waals surface area contributed by atoms with E-state index in [1.165, 1.54) is 0 Å². The highest BCUT2D eigenvalue weighted by Gasteiger charge is 2.51. The quantitative estimate of drug-likeness (QED) is 0.0755. The number of hydrogen-bond donors (Lipinski definition) is 1. The van der Waals surface area contributed by atoms with E-state index < -0.39 is 180 Å². The van der Waals surface area contributed by atoms with Gasteiger partial charge in [-0.25, -0.2) is 4.79 Å². The Hall–Kier alpha value is -2.26. The van der Waals surface area contributed by atoms with Crippen molar-refractivity contribution in [1.29, 1.82) is 0 Å². The molecule has 0 saturated heterocycles. The smallest absolute Gasteiger partial charge is 0.389 e. The fourth-order valence-electron chi connectivity index (χ4n) is 6.00. The van der Waals surface area contributed by atoms with E-state index >= 15 is 0 Å². The third-order valence-corrected chi connectivity index (χ3v) is 8.40. The van der Waals surface area contributed by atoms with Crippen molar-refractivity contribution in [2.45, 2.75) is 152 Å². The fourth-order valence-corrected chi connectivity index (χ4v) is 6.00. The van der Waals surface area contributed by atoms with Crippen LogP contribution in [-0.2, 0) is 4.79 Å². The maximum Gasteiger partial charge on any atom is 0.389 e. The molecule has 0 atom stereocenters. The van der Waals surface area contributed by atoms with Gasteiger partial charge >= 0.3 is 49.2 Å². The Labute approximate surface area is 283 Å². The summed E-state index contributed by atoms with van der Waals surface area (Å²) < 4.78 is 282. The summed E-state index contributed by atoms with van der Waals surface area (Å²) in [5.74, 6) is -2.74. The minimum Gasteiger partial charge on any atom is -0.478 e. The zero-order valence-electron chi connectivity index (χ0n) is 26.8. The second-order valence-corrected chi connectivity index (χ2v) is 12.6. The van der Waals surface area contributed by atoms with Gasteiger partial charge < -0.3 is 5.11 Å². The van der Waals surface area contributed by atoms with Gasteiger partial charge in [0.25, 0.3) is 0 Å². The van der Waals surface area contributed by atoms with E-state index in [0.717, 1.165) is 0 Å². The lowest BCUT2D eigenvalue weighted by Gasteiger charge is -2.44. The summed E-state index contributed by atoms with van der Waals surface area (Å²) >= 11 is 0. The zero-order chi connectivity index (χ0) is 41.3. The normalized spacial score (nSPS) is 15.2. The highest BCUT2D eigenvalue weighted by Crippen LogP contribution is 2.56. The molecular formula is C29H35F21O2.